The van der Waals surface area contributed by atoms with Gasteiger partial charge in [0.15, 0.2) is 0 Å². The van der Waals surface area contributed by atoms with Gasteiger partial charge >= 0.3 is 0 Å². The van der Waals surface area contributed by atoms with Crippen molar-refractivity contribution in [1.82, 2.24) is 0 Å². The minimum absolute atomic E-state index is 0.784. The van der Waals surface area contributed by atoms with Crippen molar-refractivity contribution < 1.29 is 5.11 Å². The average Bonchev–Trinajstić information content (AvgIpc) is 2.24. The maximum atomic E-state index is 10.5. The molecule has 74 valence electrons. The molecule has 0 aromatic heterocycles. The van der Waals surface area contributed by atoms with Gasteiger partial charge in [0.2, 0.25) is 0 Å². The second-order valence-corrected chi connectivity index (χ2v) is 3.80. The van der Waals surface area contributed by atoms with E-state index in [1.807, 2.05) is 37.3 Å². The van der Waals surface area contributed by atoms with E-state index in [0.29, 0.717) is 0 Å². The maximum Gasteiger partial charge on any atom is 0.127 e. The van der Waals surface area contributed by atoms with Gasteiger partial charge in [-0.1, -0.05) is 30.3 Å². The van der Waals surface area contributed by atoms with Gasteiger partial charge in [0.05, 0.1) is 0 Å². The molecule has 0 spiro atoms. The van der Waals surface area contributed by atoms with Gasteiger partial charge in [-0.2, -0.15) is 0 Å². The Morgan fingerprint density at radius 1 is 1.29 bits per heavy atom. The van der Waals surface area contributed by atoms with Crippen molar-refractivity contribution in [1.29, 1.82) is 0 Å². The van der Waals surface area contributed by atoms with Crippen molar-refractivity contribution in [2.75, 3.05) is 6.54 Å². The third-order valence-electron chi connectivity index (χ3n) is 2.90. The number of rotatable bonds is 1. The molecular weight excluding hydrogens is 174 g/mol. The van der Waals surface area contributed by atoms with Crippen LogP contribution in [0.25, 0.3) is 0 Å². The summed E-state index contributed by atoms with van der Waals surface area (Å²) in [5.74, 6) is 0. The van der Waals surface area contributed by atoms with Crippen molar-refractivity contribution in [3.63, 3.8) is 0 Å². The molecule has 0 bridgehead atoms. The van der Waals surface area contributed by atoms with Gasteiger partial charge in [-0.15, -0.1) is 0 Å². The monoisotopic (exact) mass is 189 g/mol. The molecule has 1 N–H and O–H groups in total. The summed E-state index contributed by atoms with van der Waals surface area (Å²) in [7, 11) is 0. The van der Waals surface area contributed by atoms with Crippen LogP contribution in [-0.4, -0.2) is 17.4 Å². The smallest absolute Gasteiger partial charge is 0.127 e. The zero-order valence-corrected chi connectivity index (χ0v) is 8.40. The molecule has 1 aliphatic heterocycles. The second kappa shape index (κ2) is 3.54. The first-order valence-corrected chi connectivity index (χ1v) is 5.03. The first kappa shape index (κ1) is 9.41. The highest BCUT2D eigenvalue weighted by molar-refractivity contribution is 5.91. The largest absolute Gasteiger partial charge is 0.379 e. The quantitative estimate of drug-likeness (QED) is 0.721. The van der Waals surface area contributed by atoms with E-state index in [4.69, 9.17) is 0 Å². The van der Waals surface area contributed by atoms with E-state index in [9.17, 15) is 5.11 Å². The highest BCUT2D eigenvalue weighted by atomic mass is 16.3. The second-order valence-electron chi connectivity index (χ2n) is 3.80. The lowest BCUT2D eigenvalue weighted by molar-refractivity contribution is 0.0934. The lowest BCUT2D eigenvalue weighted by Gasteiger charge is -2.31. The minimum Gasteiger partial charge on any atom is -0.379 e. The molecule has 1 aliphatic rings. The molecule has 1 aromatic rings. The van der Waals surface area contributed by atoms with E-state index < -0.39 is 5.60 Å². The van der Waals surface area contributed by atoms with Crippen LogP contribution in [0, 0.1) is 0 Å². The van der Waals surface area contributed by atoms with Crippen molar-refractivity contribution in [2.24, 2.45) is 4.99 Å². The van der Waals surface area contributed by atoms with Gasteiger partial charge in [-0.3, -0.25) is 4.99 Å². The molecular formula is C12H15NO. The van der Waals surface area contributed by atoms with E-state index in [1.165, 1.54) is 0 Å². The van der Waals surface area contributed by atoms with Gasteiger partial charge in [0.1, 0.15) is 5.60 Å². The van der Waals surface area contributed by atoms with Crippen molar-refractivity contribution in [2.45, 2.75) is 25.4 Å². The van der Waals surface area contributed by atoms with Gasteiger partial charge in [-0.25, -0.2) is 0 Å². The van der Waals surface area contributed by atoms with Crippen molar-refractivity contribution >= 4 is 5.71 Å². The normalized spacial score (nSPS) is 27.1. The Morgan fingerprint density at radius 3 is 2.64 bits per heavy atom. The van der Waals surface area contributed by atoms with Crippen LogP contribution >= 0.6 is 0 Å². The summed E-state index contributed by atoms with van der Waals surface area (Å²) in [6.45, 7) is 2.76. The zero-order valence-electron chi connectivity index (χ0n) is 8.40. The summed E-state index contributed by atoms with van der Waals surface area (Å²) in [4.78, 5) is 4.33. The molecule has 0 unspecified atom stereocenters. The Balaban J connectivity index is 2.41. The number of aliphatic imine (C=N–C) groups is 1. The minimum atomic E-state index is -0.820. The van der Waals surface area contributed by atoms with Crippen LogP contribution in [0.15, 0.2) is 35.3 Å². The summed E-state index contributed by atoms with van der Waals surface area (Å²) in [6, 6.07) is 9.79. The van der Waals surface area contributed by atoms with E-state index in [1.54, 1.807) is 0 Å². The third-order valence-corrected chi connectivity index (χ3v) is 2.90. The van der Waals surface area contributed by atoms with E-state index in [2.05, 4.69) is 4.99 Å². The summed E-state index contributed by atoms with van der Waals surface area (Å²) in [5, 5.41) is 10.5. The van der Waals surface area contributed by atoms with Crippen LogP contribution in [0.2, 0.25) is 0 Å². The summed E-state index contributed by atoms with van der Waals surface area (Å²) in [6.07, 6.45) is 1.75. The summed E-state index contributed by atoms with van der Waals surface area (Å²) < 4.78 is 0. The summed E-state index contributed by atoms with van der Waals surface area (Å²) >= 11 is 0. The molecule has 14 heavy (non-hydrogen) atoms. The molecule has 1 aromatic carbocycles. The van der Waals surface area contributed by atoms with Crippen LogP contribution in [0.1, 0.15) is 25.3 Å². The fraction of sp³-hybridized carbons (Fsp3) is 0.417. The predicted molar refractivity (Wildman–Crippen MR) is 57.5 cm³/mol. The first-order chi connectivity index (χ1) is 6.73. The average molecular weight is 189 g/mol. The lowest BCUT2D eigenvalue weighted by atomic mass is 9.83. The van der Waals surface area contributed by atoms with Crippen LogP contribution in [0.4, 0.5) is 0 Å². The highest BCUT2D eigenvalue weighted by Gasteiger charge is 2.33. The van der Waals surface area contributed by atoms with Crippen LogP contribution in [0.5, 0.6) is 0 Å². The van der Waals surface area contributed by atoms with Crippen LogP contribution in [0.3, 0.4) is 0 Å². The van der Waals surface area contributed by atoms with Crippen LogP contribution < -0.4 is 0 Å². The van der Waals surface area contributed by atoms with Crippen molar-refractivity contribution in [3.05, 3.63) is 35.9 Å². The summed E-state index contributed by atoms with van der Waals surface area (Å²) in [5.41, 5.74) is 0.982. The SMILES string of the molecule is CC1=NCCC[C@@]1(O)c1ccccc1. The third kappa shape index (κ3) is 1.46. The molecule has 0 saturated carbocycles. The number of benzene rings is 1. The predicted octanol–water partition coefficient (Wildman–Crippen LogP) is 2.13. The Labute approximate surface area is 84.3 Å². The molecule has 0 aliphatic carbocycles. The van der Waals surface area contributed by atoms with Crippen molar-refractivity contribution in [3.8, 4) is 0 Å². The molecule has 1 heterocycles. The highest BCUT2D eigenvalue weighted by Crippen LogP contribution is 2.30. The fourth-order valence-electron chi connectivity index (χ4n) is 1.96. The van der Waals surface area contributed by atoms with Gasteiger partial charge in [0.25, 0.3) is 0 Å². The molecule has 0 saturated heterocycles. The Kier molecular flexibility index (Phi) is 2.38. The lowest BCUT2D eigenvalue weighted by Crippen LogP contribution is -2.36. The maximum absolute atomic E-state index is 10.5. The molecule has 0 amide bonds. The van der Waals surface area contributed by atoms with E-state index in [0.717, 1.165) is 30.7 Å². The molecule has 0 radical (unpaired) electrons. The fourth-order valence-corrected chi connectivity index (χ4v) is 1.96. The first-order valence-electron chi connectivity index (χ1n) is 5.03. The van der Waals surface area contributed by atoms with Gasteiger partial charge < -0.3 is 5.11 Å². The molecule has 2 rings (SSSR count). The number of nitrogens with zero attached hydrogens (tertiary/aromatic N) is 1. The van der Waals surface area contributed by atoms with Gasteiger partial charge in [-0.05, 0) is 25.3 Å². The molecule has 0 fully saturated rings. The number of aliphatic hydroxyl groups is 1. The number of hydrogen-bond acceptors (Lipinski definition) is 2. The van der Waals surface area contributed by atoms with Gasteiger partial charge in [0, 0.05) is 12.3 Å². The standard InChI is InChI=1S/C12H15NO/c1-10-12(14,8-5-9-13-10)11-6-3-2-4-7-11/h2-4,6-7,14H,5,8-9H2,1H3/t12-/m0/s1. The topological polar surface area (TPSA) is 32.6 Å². The van der Waals surface area contributed by atoms with E-state index in [-0.39, 0.29) is 0 Å². The number of hydrogen-bond donors (Lipinski definition) is 1. The molecule has 2 nitrogen and oxygen atoms in total. The molecule has 2 heteroatoms. The Hall–Kier alpha value is -1.15. The van der Waals surface area contributed by atoms with Crippen LogP contribution in [-0.2, 0) is 5.60 Å². The zero-order chi connectivity index (χ0) is 10.0. The van der Waals surface area contributed by atoms with E-state index >= 15 is 0 Å². The Morgan fingerprint density at radius 2 is 2.00 bits per heavy atom. The molecule has 1 atom stereocenters. The Bertz CT molecular complexity index is 345.